The van der Waals surface area contributed by atoms with Gasteiger partial charge in [0.25, 0.3) is 0 Å². The Bertz CT molecular complexity index is 574. The predicted octanol–water partition coefficient (Wildman–Crippen LogP) is 5.05. The number of carbonyl (C=O) groups is 3. The topological polar surface area (TPSA) is 132 Å². The molecule has 7 heteroatoms. The number of aliphatic hydroxyl groups is 1. The number of unbranched alkanes of at least 4 members (excludes halogenated alkanes) is 3. The van der Waals surface area contributed by atoms with Gasteiger partial charge in [0.05, 0.1) is 5.92 Å². The molecule has 0 aromatic heterocycles. The maximum absolute atomic E-state index is 12.9. The Hall–Kier alpha value is -1.63. The van der Waals surface area contributed by atoms with Gasteiger partial charge in [-0.3, -0.25) is 9.59 Å². The molecule has 5 unspecified atom stereocenters. The molecule has 0 saturated heterocycles. The minimum absolute atomic E-state index is 0.393. The molecule has 0 fully saturated rings. The van der Waals surface area contributed by atoms with E-state index in [0.717, 1.165) is 19.3 Å². The first-order valence-electron chi connectivity index (χ1n) is 11.8. The number of carboxylic acid groups (broad SMARTS) is 3. The van der Waals surface area contributed by atoms with Crippen LogP contribution in [0.15, 0.2) is 0 Å². The maximum atomic E-state index is 12.9. The molecular formula is C24H44O7. The van der Waals surface area contributed by atoms with Crippen LogP contribution < -0.4 is 0 Å². The summed E-state index contributed by atoms with van der Waals surface area (Å²) in [5, 5.41) is 42.7. The molecule has 31 heavy (non-hydrogen) atoms. The fraction of sp³-hybridized carbons (Fsp3) is 0.875. The van der Waals surface area contributed by atoms with E-state index in [1.54, 1.807) is 20.8 Å². The number of carboxylic acids is 3. The zero-order valence-corrected chi connectivity index (χ0v) is 20.2. The van der Waals surface area contributed by atoms with Gasteiger partial charge < -0.3 is 20.4 Å². The molecule has 0 aliphatic heterocycles. The van der Waals surface area contributed by atoms with E-state index in [9.17, 15) is 34.8 Å². The Balaban J connectivity index is 7.03. The van der Waals surface area contributed by atoms with Crippen LogP contribution in [0.1, 0.15) is 99.3 Å². The smallest absolute Gasteiger partial charge is 0.337 e. The average molecular weight is 445 g/mol. The van der Waals surface area contributed by atoms with Crippen molar-refractivity contribution in [2.45, 2.75) is 105 Å². The van der Waals surface area contributed by atoms with Crippen LogP contribution in [0.2, 0.25) is 0 Å². The summed E-state index contributed by atoms with van der Waals surface area (Å²) in [4.78, 5) is 38.0. The predicted molar refractivity (Wildman–Crippen MR) is 120 cm³/mol. The molecule has 5 atom stereocenters. The molecule has 0 aromatic rings. The lowest BCUT2D eigenvalue weighted by Crippen LogP contribution is -2.69. The van der Waals surface area contributed by atoms with Gasteiger partial charge in [0, 0.05) is 0 Å². The van der Waals surface area contributed by atoms with E-state index in [-0.39, 0.29) is 0 Å². The van der Waals surface area contributed by atoms with Crippen LogP contribution in [0.3, 0.4) is 0 Å². The molecule has 182 valence electrons. The number of aliphatic carboxylic acids is 3. The van der Waals surface area contributed by atoms with Gasteiger partial charge in [-0.2, -0.15) is 0 Å². The summed E-state index contributed by atoms with van der Waals surface area (Å²) in [7, 11) is 0. The molecule has 0 amide bonds. The highest BCUT2D eigenvalue weighted by Gasteiger charge is 2.70. The molecule has 0 radical (unpaired) electrons. The number of hydrogen-bond donors (Lipinski definition) is 4. The van der Waals surface area contributed by atoms with Crippen molar-refractivity contribution in [3.63, 3.8) is 0 Å². The molecule has 7 nitrogen and oxygen atoms in total. The third kappa shape index (κ3) is 5.99. The first-order chi connectivity index (χ1) is 14.4. The third-order valence-corrected chi connectivity index (χ3v) is 7.14. The Morgan fingerprint density at radius 2 is 1.10 bits per heavy atom. The largest absolute Gasteiger partial charge is 0.481 e. The van der Waals surface area contributed by atoms with Crippen LogP contribution in [0.5, 0.6) is 0 Å². The van der Waals surface area contributed by atoms with Gasteiger partial charge >= 0.3 is 17.9 Å². The van der Waals surface area contributed by atoms with Gasteiger partial charge in [0.2, 0.25) is 0 Å². The molecule has 0 aliphatic carbocycles. The second-order valence-electron chi connectivity index (χ2n) is 9.27. The SMILES string of the molecule is CCCCC(C)C(C(=O)O)C(O)(C(=O)O)C(C(=O)O)(C(C)CCCC)C(C)CCCC. The van der Waals surface area contributed by atoms with Crippen molar-refractivity contribution in [3.05, 3.63) is 0 Å². The van der Waals surface area contributed by atoms with Crippen LogP contribution in [0, 0.1) is 29.1 Å². The van der Waals surface area contributed by atoms with E-state index in [0.29, 0.717) is 38.5 Å². The summed E-state index contributed by atoms with van der Waals surface area (Å²) < 4.78 is 0. The second kappa shape index (κ2) is 13.0. The van der Waals surface area contributed by atoms with Gasteiger partial charge in [-0.05, 0) is 37.0 Å². The van der Waals surface area contributed by atoms with Gasteiger partial charge in [-0.1, -0.05) is 80.1 Å². The van der Waals surface area contributed by atoms with E-state index in [2.05, 4.69) is 0 Å². The minimum Gasteiger partial charge on any atom is -0.481 e. The van der Waals surface area contributed by atoms with Crippen molar-refractivity contribution >= 4 is 17.9 Å². The van der Waals surface area contributed by atoms with Crippen molar-refractivity contribution in [1.29, 1.82) is 0 Å². The summed E-state index contributed by atoms with van der Waals surface area (Å²) in [5.41, 5.74) is -5.08. The molecule has 0 saturated carbocycles. The Labute approximate surface area is 187 Å². The first kappa shape index (κ1) is 29.4. The highest BCUT2D eigenvalue weighted by molar-refractivity contribution is 5.94. The van der Waals surface area contributed by atoms with Crippen LogP contribution in [-0.4, -0.2) is 43.9 Å². The lowest BCUT2D eigenvalue weighted by atomic mass is 9.51. The van der Waals surface area contributed by atoms with Gasteiger partial charge in [0.1, 0.15) is 5.41 Å². The van der Waals surface area contributed by atoms with Crippen LogP contribution in [0.4, 0.5) is 0 Å². The fourth-order valence-electron chi connectivity index (χ4n) is 5.39. The van der Waals surface area contributed by atoms with Crippen molar-refractivity contribution in [3.8, 4) is 0 Å². The normalized spacial score (nSPS) is 19.5. The van der Waals surface area contributed by atoms with E-state index in [4.69, 9.17) is 0 Å². The Kier molecular flexibility index (Phi) is 12.4. The minimum atomic E-state index is -2.95. The molecule has 0 heterocycles. The van der Waals surface area contributed by atoms with Crippen molar-refractivity contribution < 1.29 is 34.8 Å². The van der Waals surface area contributed by atoms with Gasteiger partial charge in [-0.25, -0.2) is 4.79 Å². The molecule has 4 N–H and O–H groups in total. The zero-order valence-electron chi connectivity index (χ0n) is 20.2. The van der Waals surface area contributed by atoms with Crippen molar-refractivity contribution in [1.82, 2.24) is 0 Å². The maximum Gasteiger partial charge on any atom is 0.337 e. The lowest BCUT2D eigenvalue weighted by Gasteiger charge is -2.52. The Morgan fingerprint density at radius 1 is 0.710 bits per heavy atom. The van der Waals surface area contributed by atoms with E-state index < -0.39 is 52.6 Å². The highest BCUT2D eigenvalue weighted by atomic mass is 16.4. The average Bonchev–Trinajstić information content (AvgIpc) is 2.68. The molecule has 0 aliphatic rings. The van der Waals surface area contributed by atoms with E-state index in [1.807, 2.05) is 20.8 Å². The molecular weight excluding hydrogens is 400 g/mol. The lowest BCUT2D eigenvalue weighted by molar-refractivity contribution is -0.225. The summed E-state index contributed by atoms with van der Waals surface area (Å²) in [6.07, 6.45) is 5.52. The van der Waals surface area contributed by atoms with E-state index >= 15 is 0 Å². The summed E-state index contributed by atoms with van der Waals surface area (Å²) in [6, 6.07) is 0. The van der Waals surface area contributed by atoms with Crippen LogP contribution in [0.25, 0.3) is 0 Å². The van der Waals surface area contributed by atoms with Crippen LogP contribution >= 0.6 is 0 Å². The standard InChI is InChI=1S/C24H44O7/c1-7-10-13-16(4)19(20(25)26)24(31,22(29)30)23(21(27)28,17(5)14-11-8-2)18(6)15-12-9-3/h16-19,31H,7-15H2,1-6H3,(H,25,26)(H,27,28)(H,29,30). The van der Waals surface area contributed by atoms with Gasteiger partial charge in [-0.15, -0.1) is 0 Å². The van der Waals surface area contributed by atoms with Gasteiger partial charge in [0.15, 0.2) is 5.60 Å². The van der Waals surface area contributed by atoms with Crippen molar-refractivity contribution in [2.75, 3.05) is 0 Å². The fourth-order valence-corrected chi connectivity index (χ4v) is 5.39. The highest BCUT2D eigenvalue weighted by Crippen LogP contribution is 2.54. The quantitative estimate of drug-likeness (QED) is 0.247. The first-order valence-corrected chi connectivity index (χ1v) is 11.8. The molecule has 0 aromatic carbocycles. The third-order valence-electron chi connectivity index (χ3n) is 7.14. The second-order valence-corrected chi connectivity index (χ2v) is 9.27. The number of rotatable bonds is 17. The van der Waals surface area contributed by atoms with Crippen LogP contribution in [-0.2, 0) is 14.4 Å². The van der Waals surface area contributed by atoms with Crippen molar-refractivity contribution in [2.24, 2.45) is 29.1 Å². The van der Waals surface area contributed by atoms with E-state index in [1.165, 1.54) is 0 Å². The summed E-state index contributed by atoms with van der Waals surface area (Å²) in [5.74, 6) is -8.55. The Morgan fingerprint density at radius 3 is 1.39 bits per heavy atom. The molecule has 0 spiro atoms. The monoisotopic (exact) mass is 444 g/mol. The summed E-state index contributed by atoms with van der Waals surface area (Å²) in [6.45, 7) is 10.7. The summed E-state index contributed by atoms with van der Waals surface area (Å²) >= 11 is 0. The molecule has 0 rings (SSSR count). The number of hydrogen-bond acceptors (Lipinski definition) is 4. The molecule has 0 bridgehead atoms. The zero-order chi connectivity index (χ0) is 24.4.